The molecule has 0 saturated carbocycles. The van der Waals surface area contributed by atoms with E-state index >= 15 is 0 Å². The van der Waals surface area contributed by atoms with Crippen molar-refractivity contribution >= 4 is 0 Å². The molecular formula is C11H10N6. The van der Waals surface area contributed by atoms with Crippen molar-refractivity contribution < 1.29 is 0 Å². The Morgan fingerprint density at radius 1 is 1.24 bits per heavy atom. The summed E-state index contributed by atoms with van der Waals surface area (Å²) in [7, 11) is 0. The fourth-order valence-electron chi connectivity index (χ4n) is 1.68. The Kier molecular flexibility index (Phi) is 2.18. The number of aromatic nitrogens is 6. The van der Waals surface area contributed by atoms with Gasteiger partial charge in [0.15, 0.2) is 0 Å². The predicted octanol–water partition coefficient (Wildman–Crippen LogP) is 1.36. The molecule has 3 rings (SSSR count). The van der Waals surface area contributed by atoms with Gasteiger partial charge in [-0.2, -0.15) is 5.10 Å². The SMILES string of the molecule is Cc1cnc(-n2cnnc2)c(-c2ccn[nH]2)c1. The lowest BCUT2D eigenvalue weighted by atomic mass is 10.1. The topological polar surface area (TPSA) is 72.3 Å². The van der Waals surface area contributed by atoms with Gasteiger partial charge in [-0.15, -0.1) is 10.2 Å². The normalized spacial score (nSPS) is 10.6. The van der Waals surface area contributed by atoms with E-state index in [1.165, 1.54) is 0 Å². The van der Waals surface area contributed by atoms with Gasteiger partial charge in [0.25, 0.3) is 0 Å². The highest BCUT2D eigenvalue weighted by Crippen LogP contribution is 2.23. The van der Waals surface area contributed by atoms with Gasteiger partial charge in [0.1, 0.15) is 18.5 Å². The monoisotopic (exact) mass is 226 g/mol. The van der Waals surface area contributed by atoms with E-state index in [1.54, 1.807) is 23.4 Å². The summed E-state index contributed by atoms with van der Waals surface area (Å²) in [5.74, 6) is 0.782. The fraction of sp³-hybridized carbons (Fsp3) is 0.0909. The standard InChI is InChI=1S/C11H10N6/c1-8-4-9(10-2-3-13-16-10)11(12-5-8)17-6-14-15-7-17/h2-7H,1H3,(H,13,16). The Labute approximate surface area is 97.4 Å². The van der Waals surface area contributed by atoms with E-state index in [0.717, 1.165) is 22.6 Å². The van der Waals surface area contributed by atoms with Crippen molar-refractivity contribution in [2.24, 2.45) is 0 Å². The number of pyridine rings is 1. The summed E-state index contributed by atoms with van der Waals surface area (Å²) in [6.07, 6.45) is 6.78. The molecule has 6 heteroatoms. The molecule has 6 nitrogen and oxygen atoms in total. The van der Waals surface area contributed by atoms with Crippen LogP contribution in [0.4, 0.5) is 0 Å². The molecule has 84 valence electrons. The molecule has 0 saturated heterocycles. The number of aryl methyl sites for hydroxylation is 1. The van der Waals surface area contributed by atoms with Crippen LogP contribution in [0.2, 0.25) is 0 Å². The number of hydrogen-bond acceptors (Lipinski definition) is 4. The molecule has 0 aliphatic carbocycles. The molecule has 17 heavy (non-hydrogen) atoms. The molecule has 0 bridgehead atoms. The lowest BCUT2D eigenvalue weighted by molar-refractivity contribution is 0.983. The first kappa shape index (κ1) is 9.71. The summed E-state index contributed by atoms with van der Waals surface area (Å²) in [4.78, 5) is 4.41. The van der Waals surface area contributed by atoms with Gasteiger partial charge in [0.05, 0.1) is 5.69 Å². The molecule has 0 aliphatic rings. The Bertz CT molecular complexity index is 611. The first-order valence-corrected chi connectivity index (χ1v) is 5.16. The third-order valence-electron chi connectivity index (χ3n) is 2.46. The van der Waals surface area contributed by atoms with Gasteiger partial charge in [0, 0.05) is 18.0 Å². The number of nitrogens with one attached hydrogen (secondary N) is 1. The van der Waals surface area contributed by atoms with Crippen molar-refractivity contribution in [3.63, 3.8) is 0 Å². The number of rotatable bonds is 2. The molecule has 0 radical (unpaired) electrons. The molecule has 1 N–H and O–H groups in total. The minimum atomic E-state index is 0.782. The Morgan fingerprint density at radius 2 is 2.06 bits per heavy atom. The summed E-state index contributed by atoms with van der Waals surface area (Å²) in [5.41, 5.74) is 2.98. The molecule has 0 atom stereocenters. The summed E-state index contributed by atoms with van der Waals surface area (Å²) >= 11 is 0. The smallest absolute Gasteiger partial charge is 0.148 e. The molecule has 0 fully saturated rings. The minimum Gasteiger partial charge on any atom is -0.278 e. The van der Waals surface area contributed by atoms with Gasteiger partial charge in [-0.25, -0.2) is 4.98 Å². The van der Waals surface area contributed by atoms with Crippen LogP contribution < -0.4 is 0 Å². The van der Waals surface area contributed by atoms with Crippen LogP contribution in [-0.4, -0.2) is 29.9 Å². The van der Waals surface area contributed by atoms with Gasteiger partial charge >= 0.3 is 0 Å². The highest BCUT2D eigenvalue weighted by Gasteiger charge is 2.10. The number of aromatic amines is 1. The molecule has 0 spiro atoms. The van der Waals surface area contributed by atoms with E-state index in [0.29, 0.717) is 0 Å². The predicted molar refractivity (Wildman–Crippen MR) is 61.5 cm³/mol. The largest absolute Gasteiger partial charge is 0.278 e. The van der Waals surface area contributed by atoms with Gasteiger partial charge in [-0.05, 0) is 24.6 Å². The van der Waals surface area contributed by atoms with Crippen molar-refractivity contribution in [3.05, 3.63) is 42.7 Å². The van der Waals surface area contributed by atoms with Crippen molar-refractivity contribution in [1.29, 1.82) is 0 Å². The molecule has 3 heterocycles. The van der Waals surface area contributed by atoms with Crippen LogP contribution in [0.5, 0.6) is 0 Å². The molecule has 0 unspecified atom stereocenters. The molecule has 0 aliphatic heterocycles. The van der Waals surface area contributed by atoms with Crippen molar-refractivity contribution in [2.75, 3.05) is 0 Å². The second-order valence-corrected chi connectivity index (χ2v) is 3.72. The molecule has 0 aromatic carbocycles. The summed E-state index contributed by atoms with van der Waals surface area (Å²) in [6, 6.07) is 3.96. The third kappa shape index (κ3) is 1.69. The van der Waals surface area contributed by atoms with E-state index in [2.05, 4.69) is 31.4 Å². The second kappa shape index (κ2) is 3.82. The Balaban J connectivity index is 2.22. The highest BCUT2D eigenvalue weighted by atomic mass is 15.3. The van der Waals surface area contributed by atoms with E-state index in [-0.39, 0.29) is 0 Å². The number of hydrogen-bond donors (Lipinski definition) is 1. The zero-order valence-electron chi connectivity index (χ0n) is 9.20. The minimum absolute atomic E-state index is 0.782. The lowest BCUT2D eigenvalue weighted by Crippen LogP contribution is -1.99. The van der Waals surface area contributed by atoms with Crippen LogP contribution in [0.3, 0.4) is 0 Å². The molecule has 3 aromatic heterocycles. The number of nitrogens with zero attached hydrogens (tertiary/aromatic N) is 5. The van der Waals surface area contributed by atoms with E-state index < -0.39 is 0 Å². The molecular weight excluding hydrogens is 216 g/mol. The maximum Gasteiger partial charge on any atom is 0.148 e. The average Bonchev–Trinajstić information content (AvgIpc) is 3.02. The van der Waals surface area contributed by atoms with Gasteiger partial charge in [-0.3, -0.25) is 9.67 Å². The zero-order valence-corrected chi connectivity index (χ0v) is 9.20. The van der Waals surface area contributed by atoms with Gasteiger partial charge in [0.2, 0.25) is 0 Å². The van der Waals surface area contributed by atoms with Crippen molar-refractivity contribution in [3.8, 4) is 17.1 Å². The van der Waals surface area contributed by atoms with Crippen LogP contribution in [-0.2, 0) is 0 Å². The van der Waals surface area contributed by atoms with Gasteiger partial charge in [-0.1, -0.05) is 0 Å². The van der Waals surface area contributed by atoms with Gasteiger partial charge < -0.3 is 0 Å². The van der Waals surface area contributed by atoms with Crippen LogP contribution in [0.1, 0.15) is 5.56 Å². The van der Waals surface area contributed by atoms with E-state index in [4.69, 9.17) is 0 Å². The fourth-order valence-corrected chi connectivity index (χ4v) is 1.68. The Morgan fingerprint density at radius 3 is 2.76 bits per heavy atom. The first-order valence-electron chi connectivity index (χ1n) is 5.16. The van der Waals surface area contributed by atoms with E-state index in [9.17, 15) is 0 Å². The quantitative estimate of drug-likeness (QED) is 0.716. The van der Waals surface area contributed by atoms with E-state index in [1.807, 2.05) is 19.2 Å². The average molecular weight is 226 g/mol. The summed E-state index contributed by atoms with van der Waals surface area (Å²) in [5, 5.41) is 14.5. The maximum absolute atomic E-state index is 4.41. The van der Waals surface area contributed by atoms with Crippen LogP contribution in [0.25, 0.3) is 17.1 Å². The Hall–Kier alpha value is -2.50. The highest BCUT2D eigenvalue weighted by molar-refractivity contribution is 5.67. The number of H-pyrrole nitrogens is 1. The van der Waals surface area contributed by atoms with Crippen LogP contribution in [0.15, 0.2) is 37.2 Å². The summed E-state index contributed by atoms with van der Waals surface area (Å²) < 4.78 is 1.77. The second-order valence-electron chi connectivity index (χ2n) is 3.72. The van der Waals surface area contributed by atoms with Crippen molar-refractivity contribution in [1.82, 2.24) is 29.9 Å². The zero-order chi connectivity index (χ0) is 11.7. The van der Waals surface area contributed by atoms with Crippen LogP contribution in [0, 0.1) is 6.92 Å². The maximum atomic E-state index is 4.41. The lowest BCUT2D eigenvalue weighted by Gasteiger charge is -2.07. The molecule has 0 amide bonds. The first-order chi connectivity index (χ1) is 8.34. The van der Waals surface area contributed by atoms with Crippen molar-refractivity contribution in [2.45, 2.75) is 6.92 Å². The molecule has 3 aromatic rings. The third-order valence-corrected chi connectivity index (χ3v) is 2.46. The summed E-state index contributed by atoms with van der Waals surface area (Å²) in [6.45, 7) is 2.00. The van der Waals surface area contributed by atoms with Crippen LogP contribution >= 0.6 is 0 Å².